The third-order valence-electron chi connectivity index (χ3n) is 7.55. The molecule has 3 nitrogen and oxygen atoms in total. The second-order valence-corrected chi connectivity index (χ2v) is 8.39. The Balaban J connectivity index is 1.77. The van der Waals surface area contributed by atoms with E-state index in [1.54, 1.807) is 12.2 Å². The first-order chi connectivity index (χ1) is 10.3. The lowest BCUT2D eigenvalue weighted by Crippen LogP contribution is -2.60. The molecule has 0 unspecified atom stereocenters. The van der Waals surface area contributed by atoms with Gasteiger partial charge in [0.1, 0.15) is 0 Å². The number of fused-ring (bicyclic) bond motifs is 5. The smallest absolute Gasteiger partial charge is 0.164 e. The van der Waals surface area contributed by atoms with Gasteiger partial charge in [-0.3, -0.25) is 4.79 Å². The van der Waals surface area contributed by atoms with Gasteiger partial charge in [-0.15, -0.1) is 0 Å². The molecule has 6 atom stereocenters. The van der Waals surface area contributed by atoms with Gasteiger partial charge in [-0.2, -0.15) is 0 Å². The second-order valence-electron chi connectivity index (χ2n) is 8.39. The highest BCUT2D eigenvalue weighted by molar-refractivity contribution is 5.99. The molecule has 4 rings (SSSR count). The minimum Gasteiger partial charge on any atom is -0.393 e. The van der Waals surface area contributed by atoms with E-state index in [1.807, 2.05) is 6.92 Å². The summed E-state index contributed by atoms with van der Waals surface area (Å²) in [5.74, 6) is 0.624. The number of ketones is 1. The van der Waals surface area contributed by atoms with Crippen LogP contribution in [0.15, 0.2) is 23.8 Å². The zero-order valence-corrected chi connectivity index (χ0v) is 13.5. The normalized spacial score (nSPS) is 53.5. The minimum absolute atomic E-state index is 0.0820. The molecule has 0 aromatic carbocycles. The fourth-order valence-electron chi connectivity index (χ4n) is 5.91. The molecule has 2 fully saturated rings. The summed E-state index contributed by atoms with van der Waals surface area (Å²) in [5.41, 5.74) is -0.162. The van der Waals surface area contributed by atoms with Crippen LogP contribution in [-0.2, 0) is 4.79 Å². The van der Waals surface area contributed by atoms with E-state index in [4.69, 9.17) is 0 Å². The van der Waals surface area contributed by atoms with Gasteiger partial charge in [0.15, 0.2) is 5.78 Å². The van der Waals surface area contributed by atoms with Crippen LogP contribution in [0.3, 0.4) is 0 Å². The first kappa shape index (κ1) is 14.6. The van der Waals surface area contributed by atoms with Crippen LogP contribution in [0, 0.1) is 22.7 Å². The van der Waals surface area contributed by atoms with Crippen LogP contribution in [0.2, 0.25) is 0 Å². The Morgan fingerprint density at radius 2 is 1.95 bits per heavy atom. The summed E-state index contributed by atoms with van der Waals surface area (Å²) in [7, 11) is 0. The van der Waals surface area contributed by atoms with Crippen molar-refractivity contribution in [3.8, 4) is 0 Å². The molecule has 0 bridgehead atoms. The van der Waals surface area contributed by atoms with Gasteiger partial charge in [0.2, 0.25) is 0 Å². The van der Waals surface area contributed by atoms with Crippen LogP contribution in [0.5, 0.6) is 0 Å². The van der Waals surface area contributed by atoms with Gasteiger partial charge in [0.05, 0.1) is 17.1 Å². The topological polar surface area (TPSA) is 57.5 Å². The van der Waals surface area contributed by atoms with E-state index in [2.05, 4.69) is 13.0 Å². The van der Waals surface area contributed by atoms with E-state index in [1.165, 1.54) is 5.57 Å². The lowest BCUT2D eigenvalue weighted by atomic mass is 9.46. The van der Waals surface area contributed by atoms with Crippen LogP contribution in [0.1, 0.15) is 52.4 Å². The average molecular weight is 302 g/mol. The molecule has 0 heterocycles. The summed E-state index contributed by atoms with van der Waals surface area (Å²) in [6.45, 7) is 4.26. The Kier molecular flexibility index (Phi) is 2.88. The number of aliphatic hydroxyl groups excluding tert-OH is 1. The number of carbonyl (C=O) groups excluding carboxylic acids is 1. The molecule has 4 aliphatic rings. The van der Waals surface area contributed by atoms with Crippen molar-refractivity contribution in [3.05, 3.63) is 23.8 Å². The van der Waals surface area contributed by atoms with Gasteiger partial charge in [0, 0.05) is 0 Å². The SMILES string of the molecule is C[C@]12CC[C@H](O)CC1=CC[C@@H]1[C@@H]2CC[C@]2(C)C(=O)C=C[C@]12O. The number of hydrogen-bond donors (Lipinski definition) is 2. The molecule has 4 aliphatic carbocycles. The molecule has 0 amide bonds. The first-order valence-electron chi connectivity index (χ1n) is 8.65. The zero-order chi connectivity index (χ0) is 15.8. The summed E-state index contributed by atoms with van der Waals surface area (Å²) in [5, 5.41) is 21.4. The van der Waals surface area contributed by atoms with Crippen molar-refractivity contribution in [2.75, 3.05) is 0 Å². The summed E-state index contributed by atoms with van der Waals surface area (Å²) in [6, 6.07) is 0. The van der Waals surface area contributed by atoms with Crippen molar-refractivity contribution in [1.29, 1.82) is 0 Å². The fraction of sp³-hybridized carbons (Fsp3) is 0.737. The van der Waals surface area contributed by atoms with E-state index in [-0.39, 0.29) is 23.2 Å². The van der Waals surface area contributed by atoms with E-state index in [0.29, 0.717) is 5.92 Å². The summed E-state index contributed by atoms with van der Waals surface area (Å²) >= 11 is 0. The van der Waals surface area contributed by atoms with E-state index in [0.717, 1.165) is 38.5 Å². The van der Waals surface area contributed by atoms with Crippen LogP contribution >= 0.6 is 0 Å². The van der Waals surface area contributed by atoms with Crippen LogP contribution in [-0.4, -0.2) is 27.7 Å². The van der Waals surface area contributed by atoms with Crippen molar-refractivity contribution in [3.63, 3.8) is 0 Å². The maximum atomic E-state index is 12.3. The average Bonchev–Trinajstić information content (AvgIpc) is 2.72. The monoisotopic (exact) mass is 302 g/mol. The van der Waals surface area contributed by atoms with Gasteiger partial charge >= 0.3 is 0 Å². The van der Waals surface area contributed by atoms with Gasteiger partial charge in [0.25, 0.3) is 0 Å². The van der Waals surface area contributed by atoms with E-state index in [9.17, 15) is 15.0 Å². The predicted octanol–water partition coefficient (Wildman–Crippen LogP) is 2.77. The molecule has 0 saturated heterocycles. The Morgan fingerprint density at radius 3 is 2.73 bits per heavy atom. The molecular weight excluding hydrogens is 276 g/mol. The Hall–Kier alpha value is -0.930. The van der Waals surface area contributed by atoms with Crippen molar-refractivity contribution in [2.24, 2.45) is 22.7 Å². The number of allylic oxidation sites excluding steroid dienone is 2. The Bertz CT molecular complexity index is 591. The largest absolute Gasteiger partial charge is 0.393 e. The predicted molar refractivity (Wildman–Crippen MR) is 84.1 cm³/mol. The van der Waals surface area contributed by atoms with Gasteiger partial charge in [-0.1, -0.05) is 18.6 Å². The Morgan fingerprint density at radius 1 is 1.18 bits per heavy atom. The lowest BCUT2D eigenvalue weighted by Gasteiger charge is -2.59. The molecular formula is C19H26O3. The molecule has 0 radical (unpaired) electrons. The number of rotatable bonds is 0. The Labute approximate surface area is 132 Å². The van der Waals surface area contributed by atoms with Gasteiger partial charge < -0.3 is 10.2 Å². The van der Waals surface area contributed by atoms with Gasteiger partial charge in [-0.05, 0) is 74.9 Å². The first-order valence-corrected chi connectivity index (χ1v) is 8.65. The highest BCUT2D eigenvalue weighted by Crippen LogP contribution is 2.64. The number of aliphatic hydroxyl groups is 2. The highest BCUT2D eigenvalue weighted by atomic mass is 16.3. The third-order valence-corrected chi connectivity index (χ3v) is 7.55. The molecule has 22 heavy (non-hydrogen) atoms. The lowest BCUT2D eigenvalue weighted by molar-refractivity contribution is -0.162. The molecule has 0 aliphatic heterocycles. The van der Waals surface area contributed by atoms with Crippen LogP contribution in [0.25, 0.3) is 0 Å². The minimum atomic E-state index is -0.992. The molecule has 2 saturated carbocycles. The molecule has 0 aromatic heterocycles. The third kappa shape index (κ3) is 1.57. The summed E-state index contributed by atoms with van der Waals surface area (Å²) in [6.07, 6.45) is 10.7. The molecule has 0 spiro atoms. The quantitative estimate of drug-likeness (QED) is 0.677. The van der Waals surface area contributed by atoms with Crippen LogP contribution in [0.4, 0.5) is 0 Å². The highest BCUT2D eigenvalue weighted by Gasteiger charge is 2.64. The van der Waals surface area contributed by atoms with E-state index < -0.39 is 11.0 Å². The summed E-state index contributed by atoms with van der Waals surface area (Å²) in [4.78, 5) is 12.3. The van der Waals surface area contributed by atoms with E-state index >= 15 is 0 Å². The van der Waals surface area contributed by atoms with Crippen molar-refractivity contribution >= 4 is 5.78 Å². The van der Waals surface area contributed by atoms with Crippen LogP contribution < -0.4 is 0 Å². The number of carbonyl (C=O) groups is 1. The molecule has 0 aromatic rings. The molecule has 120 valence electrons. The number of hydrogen-bond acceptors (Lipinski definition) is 3. The fourth-order valence-corrected chi connectivity index (χ4v) is 5.91. The standard InChI is InChI=1S/C19H26O3/c1-17-8-5-13(20)11-12(17)3-4-15-14(17)6-9-18(2)16(21)7-10-19(15,18)22/h3,7,10,13-15,20,22H,4-6,8-9,11H2,1-2H3/t13-,14-,15+,17-,18+,19-/m0/s1. The maximum Gasteiger partial charge on any atom is 0.164 e. The van der Waals surface area contributed by atoms with Crippen molar-refractivity contribution < 1.29 is 15.0 Å². The molecule has 2 N–H and O–H groups in total. The second kappa shape index (κ2) is 4.33. The van der Waals surface area contributed by atoms with Crippen molar-refractivity contribution in [1.82, 2.24) is 0 Å². The zero-order valence-electron chi connectivity index (χ0n) is 13.5. The van der Waals surface area contributed by atoms with Gasteiger partial charge in [-0.25, -0.2) is 0 Å². The molecule has 3 heteroatoms. The van der Waals surface area contributed by atoms with Crippen molar-refractivity contribution in [2.45, 2.75) is 64.1 Å². The maximum absolute atomic E-state index is 12.3. The summed E-state index contributed by atoms with van der Waals surface area (Å²) < 4.78 is 0.